The number of hydrazine groups is 1. The fourth-order valence-electron chi connectivity index (χ4n) is 1.26. The number of carboxylic acids is 1. The second-order valence-electron chi connectivity index (χ2n) is 3.59. The van der Waals surface area contributed by atoms with Crippen molar-refractivity contribution < 1.29 is 14.7 Å². The number of aliphatic carboxylic acids is 1. The maximum atomic E-state index is 11.6. The molecule has 0 heterocycles. The third-order valence-electron chi connectivity index (χ3n) is 1.99. The van der Waals surface area contributed by atoms with Gasteiger partial charge in [0.05, 0.1) is 0 Å². The molecule has 0 aliphatic heterocycles. The number of hydrogen-bond acceptors (Lipinski definition) is 4. The molecule has 0 N–H and O–H groups in total. The first-order valence-electron chi connectivity index (χ1n) is 5.16. The molecule has 0 aromatic rings. The molecular weight excluding hydrogens is 196 g/mol. The average molecular weight is 215 g/mol. The summed E-state index contributed by atoms with van der Waals surface area (Å²) >= 11 is 0. The molecule has 0 spiro atoms. The Labute approximate surface area is 90.6 Å². The van der Waals surface area contributed by atoms with Gasteiger partial charge in [0, 0.05) is 33.0 Å². The van der Waals surface area contributed by atoms with E-state index in [4.69, 9.17) is 0 Å². The third kappa shape index (κ3) is 6.06. The van der Waals surface area contributed by atoms with Crippen molar-refractivity contribution >= 4 is 11.9 Å². The van der Waals surface area contributed by atoms with E-state index in [9.17, 15) is 14.7 Å². The molecule has 0 saturated carbocycles. The highest BCUT2D eigenvalue weighted by Crippen LogP contribution is 2.02. The summed E-state index contributed by atoms with van der Waals surface area (Å²) in [5.41, 5.74) is 0. The van der Waals surface area contributed by atoms with Gasteiger partial charge in [0.25, 0.3) is 0 Å². The fraction of sp³-hybridized carbons (Fsp3) is 0.800. The lowest BCUT2D eigenvalue weighted by atomic mass is 10.2. The molecule has 0 saturated heterocycles. The van der Waals surface area contributed by atoms with Crippen LogP contribution in [0, 0.1) is 0 Å². The zero-order valence-electron chi connectivity index (χ0n) is 9.65. The SMILES string of the molecule is CCCC(=O)N(CCCC(=O)[O-])N(C)C. The standard InChI is InChI=1S/C10H20N2O3/c1-4-6-9(13)12(11(2)3)8-5-7-10(14)15/h4-8H2,1-3H3,(H,14,15)/p-1. The predicted octanol–water partition coefficient (Wildman–Crippen LogP) is -0.378. The first kappa shape index (κ1) is 13.9. The smallest absolute Gasteiger partial charge is 0.236 e. The minimum absolute atomic E-state index is 0.0102. The van der Waals surface area contributed by atoms with Crippen molar-refractivity contribution in [2.24, 2.45) is 0 Å². The molecule has 0 fully saturated rings. The molecule has 5 heteroatoms. The van der Waals surface area contributed by atoms with Crippen molar-refractivity contribution in [1.82, 2.24) is 10.0 Å². The maximum Gasteiger partial charge on any atom is 0.236 e. The Hall–Kier alpha value is -1.10. The van der Waals surface area contributed by atoms with E-state index in [1.807, 2.05) is 6.92 Å². The minimum Gasteiger partial charge on any atom is -0.550 e. The molecule has 0 rings (SSSR count). The van der Waals surface area contributed by atoms with E-state index in [2.05, 4.69) is 0 Å². The summed E-state index contributed by atoms with van der Waals surface area (Å²) in [6.45, 7) is 2.37. The van der Waals surface area contributed by atoms with Gasteiger partial charge >= 0.3 is 0 Å². The second-order valence-corrected chi connectivity index (χ2v) is 3.59. The van der Waals surface area contributed by atoms with Gasteiger partial charge in [-0.05, 0) is 19.3 Å². The molecule has 1 amide bonds. The van der Waals surface area contributed by atoms with Crippen LogP contribution in [0.2, 0.25) is 0 Å². The minimum atomic E-state index is -1.07. The molecule has 15 heavy (non-hydrogen) atoms. The number of nitrogens with zero attached hydrogens (tertiary/aromatic N) is 2. The van der Waals surface area contributed by atoms with E-state index >= 15 is 0 Å². The van der Waals surface area contributed by atoms with Crippen molar-refractivity contribution in [2.45, 2.75) is 32.6 Å². The molecule has 0 atom stereocenters. The van der Waals surface area contributed by atoms with Gasteiger partial charge in [-0.2, -0.15) is 0 Å². The van der Waals surface area contributed by atoms with E-state index < -0.39 is 5.97 Å². The summed E-state index contributed by atoms with van der Waals surface area (Å²) in [5.74, 6) is -1.04. The van der Waals surface area contributed by atoms with E-state index in [0.29, 0.717) is 19.4 Å². The molecule has 0 aromatic heterocycles. The van der Waals surface area contributed by atoms with Crippen LogP contribution >= 0.6 is 0 Å². The van der Waals surface area contributed by atoms with E-state index in [0.717, 1.165) is 6.42 Å². The van der Waals surface area contributed by atoms with Gasteiger partial charge in [-0.25, -0.2) is 5.01 Å². The Morgan fingerprint density at radius 3 is 2.20 bits per heavy atom. The predicted molar refractivity (Wildman–Crippen MR) is 54.5 cm³/mol. The Morgan fingerprint density at radius 1 is 1.20 bits per heavy atom. The fourth-order valence-corrected chi connectivity index (χ4v) is 1.26. The molecule has 88 valence electrons. The first-order chi connectivity index (χ1) is 6.99. The number of hydrogen-bond donors (Lipinski definition) is 0. The van der Waals surface area contributed by atoms with E-state index in [-0.39, 0.29) is 12.3 Å². The molecular formula is C10H19N2O3-. The van der Waals surface area contributed by atoms with Gasteiger partial charge in [-0.15, -0.1) is 0 Å². The second kappa shape index (κ2) is 7.23. The number of carbonyl (C=O) groups is 2. The summed E-state index contributed by atoms with van der Waals surface area (Å²) in [7, 11) is 3.54. The van der Waals surface area contributed by atoms with Crippen molar-refractivity contribution in [2.75, 3.05) is 20.6 Å². The third-order valence-corrected chi connectivity index (χ3v) is 1.99. The average Bonchev–Trinajstić information content (AvgIpc) is 2.11. The van der Waals surface area contributed by atoms with Gasteiger partial charge in [0.15, 0.2) is 0 Å². The van der Waals surface area contributed by atoms with Crippen LogP contribution < -0.4 is 5.11 Å². The largest absolute Gasteiger partial charge is 0.550 e. The van der Waals surface area contributed by atoms with Crippen molar-refractivity contribution in [3.8, 4) is 0 Å². The highest BCUT2D eigenvalue weighted by Gasteiger charge is 2.13. The van der Waals surface area contributed by atoms with Crippen molar-refractivity contribution in [3.05, 3.63) is 0 Å². The van der Waals surface area contributed by atoms with Gasteiger partial charge < -0.3 is 9.90 Å². The lowest BCUT2D eigenvalue weighted by molar-refractivity contribution is -0.305. The van der Waals surface area contributed by atoms with Crippen LogP contribution in [0.5, 0.6) is 0 Å². The van der Waals surface area contributed by atoms with Crippen LogP contribution in [0.3, 0.4) is 0 Å². The van der Waals surface area contributed by atoms with Crippen LogP contribution in [-0.4, -0.2) is 42.5 Å². The molecule has 0 aliphatic carbocycles. The highest BCUT2D eigenvalue weighted by molar-refractivity contribution is 5.75. The first-order valence-corrected chi connectivity index (χ1v) is 5.16. The summed E-state index contributed by atoms with van der Waals surface area (Å²) in [6, 6.07) is 0. The Morgan fingerprint density at radius 2 is 1.80 bits per heavy atom. The maximum absolute atomic E-state index is 11.6. The zero-order valence-corrected chi connectivity index (χ0v) is 9.65. The molecule has 0 bridgehead atoms. The Kier molecular flexibility index (Phi) is 6.70. The van der Waals surface area contributed by atoms with Crippen LogP contribution in [0.1, 0.15) is 32.6 Å². The molecule has 5 nitrogen and oxygen atoms in total. The zero-order chi connectivity index (χ0) is 11.8. The Balaban J connectivity index is 4.04. The van der Waals surface area contributed by atoms with Crippen LogP contribution in [-0.2, 0) is 9.59 Å². The lowest BCUT2D eigenvalue weighted by Gasteiger charge is -2.29. The van der Waals surface area contributed by atoms with E-state index in [1.54, 1.807) is 24.1 Å². The topological polar surface area (TPSA) is 63.7 Å². The summed E-state index contributed by atoms with van der Waals surface area (Å²) < 4.78 is 0. The number of amides is 1. The normalized spacial score (nSPS) is 10.4. The Bertz CT molecular complexity index is 217. The molecule has 0 radical (unpaired) electrons. The van der Waals surface area contributed by atoms with Gasteiger partial charge in [0.2, 0.25) is 5.91 Å². The summed E-state index contributed by atoms with van der Waals surface area (Å²) in [6.07, 6.45) is 1.70. The van der Waals surface area contributed by atoms with Crippen molar-refractivity contribution in [3.63, 3.8) is 0 Å². The summed E-state index contributed by atoms with van der Waals surface area (Å²) in [4.78, 5) is 21.8. The van der Waals surface area contributed by atoms with Crippen LogP contribution in [0.25, 0.3) is 0 Å². The van der Waals surface area contributed by atoms with Gasteiger partial charge in [0.1, 0.15) is 0 Å². The van der Waals surface area contributed by atoms with Crippen LogP contribution in [0.4, 0.5) is 0 Å². The molecule has 0 unspecified atom stereocenters. The highest BCUT2D eigenvalue weighted by atomic mass is 16.4. The molecule has 0 aromatic carbocycles. The summed E-state index contributed by atoms with van der Waals surface area (Å²) in [5, 5.41) is 13.5. The quantitative estimate of drug-likeness (QED) is 0.543. The molecule has 0 aliphatic rings. The van der Waals surface area contributed by atoms with Crippen molar-refractivity contribution in [1.29, 1.82) is 0 Å². The van der Waals surface area contributed by atoms with Gasteiger partial charge in [-0.1, -0.05) is 6.92 Å². The van der Waals surface area contributed by atoms with E-state index in [1.165, 1.54) is 0 Å². The monoisotopic (exact) mass is 215 g/mol. The number of rotatable bonds is 7. The van der Waals surface area contributed by atoms with Crippen LogP contribution in [0.15, 0.2) is 0 Å². The van der Waals surface area contributed by atoms with Gasteiger partial charge in [-0.3, -0.25) is 9.80 Å². The number of carboxylic acid groups (broad SMARTS) is 1. The number of carbonyl (C=O) groups excluding carboxylic acids is 2. The lowest BCUT2D eigenvalue weighted by Crippen LogP contribution is -2.42.